The van der Waals surface area contributed by atoms with E-state index >= 15 is 0 Å². The van der Waals surface area contributed by atoms with Gasteiger partial charge in [0.25, 0.3) is 0 Å². The molecule has 1 aromatic heterocycles. The van der Waals surface area contributed by atoms with E-state index in [0.717, 1.165) is 12.8 Å². The van der Waals surface area contributed by atoms with E-state index in [1.165, 1.54) is 18.4 Å². The number of aliphatic carboxylic acids is 2. The molecule has 22 heavy (non-hydrogen) atoms. The van der Waals surface area contributed by atoms with Crippen LogP contribution >= 0.6 is 0 Å². The van der Waals surface area contributed by atoms with Crippen LogP contribution in [0.15, 0.2) is 22.8 Å². The molecule has 0 radical (unpaired) electrons. The fourth-order valence-corrected chi connectivity index (χ4v) is 1.98. The van der Waals surface area contributed by atoms with Crippen molar-refractivity contribution in [2.75, 3.05) is 6.54 Å². The van der Waals surface area contributed by atoms with E-state index in [-0.39, 0.29) is 11.8 Å². The lowest BCUT2D eigenvalue weighted by Gasteiger charge is -2.26. The Bertz CT molecular complexity index is 534. The summed E-state index contributed by atoms with van der Waals surface area (Å²) >= 11 is 0. The molecule has 0 amide bonds. The number of carbonyl (C=O) groups is 2. The summed E-state index contributed by atoms with van der Waals surface area (Å²) in [7, 11) is 0. The van der Waals surface area contributed by atoms with Crippen molar-refractivity contribution >= 4 is 11.9 Å². The molecule has 6 N–H and O–H groups in total. The average Bonchev–Trinajstić information content (AvgIpc) is 3.11. The van der Waals surface area contributed by atoms with Crippen LogP contribution < -0.4 is 16.4 Å². The molecule has 3 unspecified atom stereocenters. The predicted molar refractivity (Wildman–Crippen MR) is 72.7 cm³/mol. The van der Waals surface area contributed by atoms with Gasteiger partial charge in [-0.3, -0.25) is 21.2 Å². The summed E-state index contributed by atoms with van der Waals surface area (Å²) < 4.78 is 19.1. The molecule has 8 nitrogen and oxygen atoms in total. The van der Waals surface area contributed by atoms with Gasteiger partial charge in [0.05, 0.1) is 6.26 Å². The quantitative estimate of drug-likeness (QED) is 0.388. The highest BCUT2D eigenvalue weighted by atomic mass is 19.1. The van der Waals surface area contributed by atoms with E-state index in [4.69, 9.17) is 15.3 Å². The molecule has 3 atom stereocenters. The van der Waals surface area contributed by atoms with Crippen LogP contribution in [0, 0.1) is 0 Å². The van der Waals surface area contributed by atoms with E-state index in [1.807, 2.05) is 0 Å². The number of nitrogens with one attached hydrogen (secondary N) is 2. The lowest BCUT2D eigenvalue weighted by atomic mass is 10.1. The first-order valence-corrected chi connectivity index (χ1v) is 6.79. The molecule has 0 spiro atoms. The first kappa shape index (κ1) is 16.4. The van der Waals surface area contributed by atoms with Crippen molar-refractivity contribution in [3.8, 4) is 0 Å². The largest absolute Gasteiger partial charge is 0.480 e. The van der Waals surface area contributed by atoms with Gasteiger partial charge in [0.2, 0.25) is 5.66 Å². The SMILES string of the molecule is NC(NCC(F)C(NC1CC1)C(=O)O)(C(=O)O)c1ccco1. The molecule has 9 heteroatoms. The van der Waals surface area contributed by atoms with Crippen LogP contribution in [0.4, 0.5) is 4.39 Å². The van der Waals surface area contributed by atoms with Crippen molar-refractivity contribution in [3.05, 3.63) is 24.2 Å². The van der Waals surface area contributed by atoms with E-state index in [2.05, 4.69) is 10.6 Å². The number of nitrogens with two attached hydrogens (primary N) is 1. The van der Waals surface area contributed by atoms with Crippen molar-refractivity contribution < 1.29 is 28.6 Å². The minimum absolute atomic E-state index is 0.00784. The van der Waals surface area contributed by atoms with E-state index in [9.17, 15) is 19.1 Å². The first-order chi connectivity index (χ1) is 10.3. The maximum absolute atomic E-state index is 14.2. The Hall–Kier alpha value is -1.97. The topological polar surface area (TPSA) is 138 Å². The number of furan rings is 1. The van der Waals surface area contributed by atoms with Crippen LogP contribution in [0.5, 0.6) is 0 Å². The van der Waals surface area contributed by atoms with Crippen molar-refractivity contribution in [3.63, 3.8) is 0 Å². The van der Waals surface area contributed by atoms with Crippen LogP contribution in [0.2, 0.25) is 0 Å². The van der Waals surface area contributed by atoms with Gasteiger partial charge in [0, 0.05) is 12.6 Å². The summed E-state index contributed by atoms with van der Waals surface area (Å²) in [6.45, 7) is -0.555. The summed E-state index contributed by atoms with van der Waals surface area (Å²) in [4.78, 5) is 22.4. The number of hydrogen-bond acceptors (Lipinski definition) is 6. The third kappa shape index (κ3) is 3.62. The lowest BCUT2D eigenvalue weighted by molar-refractivity contribution is -0.146. The predicted octanol–water partition coefficient (Wildman–Crippen LogP) is -0.391. The number of halogens is 1. The third-order valence-electron chi connectivity index (χ3n) is 3.44. The number of hydrogen-bond donors (Lipinski definition) is 5. The second kappa shape index (κ2) is 6.42. The van der Waals surface area contributed by atoms with Crippen LogP contribution in [0.3, 0.4) is 0 Å². The Kier molecular flexibility index (Phi) is 4.79. The number of carboxylic acids is 2. The molecule has 1 heterocycles. The van der Waals surface area contributed by atoms with Gasteiger partial charge in [-0.2, -0.15) is 0 Å². The minimum Gasteiger partial charge on any atom is -0.480 e. The number of alkyl halides is 1. The Morgan fingerprint density at radius 1 is 1.50 bits per heavy atom. The molecule has 1 aromatic rings. The molecule has 1 fully saturated rings. The molecule has 0 bridgehead atoms. The maximum Gasteiger partial charge on any atom is 0.346 e. The number of rotatable bonds is 9. The van der Waals surface area contributed by atoms with Gasteiger partial charge in [0.15, 0.2) is 0 Å². The highest BCUT2D eigenvalue weighted by Crippen LogP contribution is 2.21. The number of carboxylic acid groups (broad SMARTS) is 2. The molecule has 1 aliphatic carbocycles. The van der Waals surface area contributed by atoms with Crippen LogP contribution in [0.25, 0.3) is 0 Å². The van der Waals surface area contributed by atoms with Crippen molar-refractivity contribution in [1.82, 2.24) is 10.6 Å². The monoisotopic (exact) mass is 315 g/mol. The van der Waals surface area contributed by atoms with Crippen LogP contribution in [0.1, 0.15) is 18.6 Å². The zero-order chi connectivity index (χ0) is 16.3. The van der Waals surface area contributed by atoms with Gasteiger partial charge in [-0.1, -0.05) is 0 Å². The van der Waals surface area contributed by atoms with Crippen molar-refractivity contribution in [1.29, 1.82) is 0 Å². The second-order valence-corrected chi connectivity index (χ2v) is 5.24. The van der Waals surface area contributed by atoms with Crippen molar-refractivity contribution in [2.45, 2.75) is 36.8 Å². The van der Waals surface area contributed by atoms with E-state index < -0.39 is 36.4 Å². The summed E-state index contributed by atoms with van der Waals surface area (Å²) in [5.74, 6) is -2.90. The minimum atomic E-state index is -2.13. The van der Waals surface area contributed by atoms with Gasteiger partial charge in [-0.05, 0) is 25.0 Å². The Morgan fingerprint density at radius 2 is 2.18 bits per heavy atom. The Balaban J connectivity index is 2.01. The second-order valence-electron chi connectivity index (χ2n) is 5.24. The first-order valence-electron chi connectivity index (χ1n) is 6.79. The van der Waals surface area contributed by atoms with Crippen molar-refractivity contribution in [2.24, 2.45) is 5.73 Å². The van der Waals surface area contributed by atoms with Gasteiger partial charge in [-0.15, -0.1) is 0 Å². The fraction of sp³-hybridized carbons (Fsp3) is 0.538. The van der Waals surface area contributed by atoms with Crippen LogP contribution in [-0.2, 0) is 15.3 Å². The van der Waals surface area contributed by atoms with Gasteiger partial charge < -0.3 is 14.6 Å². The molecule has 0 saturated heterocycles. The van der Waals surface area contributed by atoms with E-state index in [0.29, 0.717) is 0 Å². The zero-order valence-corrected chi connectivity index (χ0v) is 11.7. The summed E-state index contributed by atoms with van der Waals surface area (Å²) in [6, 6.07) is 1.36. The average molecular weight is 315 g/mol. The molecule has 2 rings (SSSR count). The standard InChI is InChI=1S/C13H18FN3O5/c14-8(10(11(18)19)17-7-3-4-7)6-16-13(15,12(20)21)9-2-1-5-22-9/h1-2,5,7-8,10,16-17H,3-4,6,15H2,(H,18,19)(H,20,21). The molecule has 0 aromatic carbocycles. The molecule has 1 saturated carbocycles. The molecule has 0 aliphatic heterocycles. The van der Waals surface area contributed by atoms with Gasteiger partial charge >= 0.3 is 11.9 Å². The molecular weight excluding hydrogens is 297 g/mol. The Morgan fingerprint density at radius 3 is 2.64 bits per heavy atom. The van der Waals surface area contributed by atoms with E-state index in [1.54, 1.807) is 0 Å². The Labute approximate surface area is 125 Å². The molecule has 122 valence electrons. The summed E-state index contributed by atoms with van der Waals surface area (Å²) in [5.41, 5.74) is 3.58. The zero-order valence-electron chi connectivity index (χ0n) is 11.7. The molecule has 1 aliphatic rings. The highest BCUT2D eigenvalue weighted by molar-refractivity contribution is 5.79. The summed E-state index contributed by atoms with van der Waals surface area (Å²) in [5, 5.41) is 23.3. The smallest absolute Gasteiger partial charge is 0.346 e. The third-order valence-corrected chi connectivity index (χ3v) is 3.44. The molecular formula is C13H18FN3O5. The fourth-order valence-electron chi connectivity index (χ4n) is 1.98. The summed E-state index contributed by atoms with van der Waals surface area (Å²) in [6.07, 6.45) is 0.984. The lowest BCUT2D eigenvalue weighted by Crippen LogP contribution is -2.60. The maximum atomic E-state index is 14.2. The van der Waals surface area contributed by atoms with Gasteiger partial charge in [-0.25, -0.2) is 9.18 Å². The normalized spacial score (nSPS) is 20.1. The highest BCUT2D eigenvalue weighted by Gasteiger charge is 2.41. The van der Waals surface area contributed by atoms with Crippen LogP contribution in [-0.4, -0.2) is 47.0 Å². The van der Waals surface area contributed by atoms with Gasteiger partial charge in [0.1, 0.15) is 18.0 Å².